The lowest BCUT2D eigenvalue weighted by Crippen LogP contribution is -2.52. The SMILES string of the molecule is COc1c(C2=NOC(O)(C(F)(F)C(F)F)C2)c(O)c(OC)c2occc12. The first-order valence-corrected chi connectivity index (χ1v) is 7.15. The van der Waals surface area contributed by atoms with Crippen molar-refractivity contribution >= 4 is 16.7 Å². The largest absolute Gasteiger partial charge is 0.504 e. The molecular weight excluding hydrogens is 366 g/mol. The molecule has 26 heavy (non-hydrogen) atoms. The second-order valence-electron chi connectivity index (χ2n) is 5.47. The van der Waals surface area contributed by atoms with Gasteiger partial charge in [0.25, 0.3) is 0 Å². The van der Waals surface area contributed by atoms with Crippen molar-refractivity contribution < 1.29 is 46.5 Å². The quantitative estimate of drug-likeness (QED) is 0.776. The van der Waals surface area contributed by atoms with E-state index in [1.54, 1.807) is 0 Å². The molecule has 0 amide bonds. The zero-order valence-electron chi connectivity index (χ0n) is 13.4. The number of oxime groups is 1. The van der Waals surface area contributed by atoms with E-state index >= 15 is 0 Å². The highest BCUT2D eigenvalue weighted by Gasteiger charge is 2.65. The topological polar surface area (TPSA) is 93.7 Å². The van der Waals surface area contributed by atoms with Gasteiger partial charge < -0.3 is 28.9 Å². The van der Waals surface area contributed by atoms with Gasteiger partial charge >= 0.3 is 18.1 Å². The Balaban J connectivity index is 2.14. The molecule has 0 radical (unpaired) electrons. The summed E-state index contributed by atoms with van der Waals surface area (Å²) < 4.78 is 67.9. The molecule has 2 heterocycles. The summed E-state index contributed by atoms with van der Waals surface area (Å²) in [5.41, 5.74) is -0.568. The van der Waals surface area contributed by atoms with Crippen molar-refractivity contribution in [3.05, 3.63) is 17.9 Å². The monoisotopic (exact) mass is 379 g/mol. The highest BCUT2D eigenvalue weighted by molar-refractivity contribution is 6.12. The van der Waals surface area contributed by atoms with Gasteiger partial charge in [0, 0.05) is 0 Å². The fourth-order valence-corrected chi connectivity index (χ4v) is 2.70. The van der Waals surface area contributed by atoms with Crippen LogP contribution in [-0.4, -0.2) is 48.3 Å². The molecule has 0 fully saturated rings. The third-order valence-electron chi connectivity index (χ3n) is 4.00. The van der Waals surface area contributed by atoms with Gasteiger partial charge in [0.1, 0.15) is 11.5 Å². The summed E-state index contributed by atoms with van der Waals surface area (Å²) in [6.45, 7) is 0. The molecule has 142 valence electrons. The van der Waals surface area contributed by atoms with E-state index in [0.717, 1.165) is 0 Å². The molecule has 1 aliphatic rings. The molecule has 1 aliphatic heterocycles. The number of rotatable bonds is 5. The average molecular weight is 379 g/mol. The third-order valence-corrected chi connectivity index (χ3v) is 4.00. The Morgan fingerprint density at radius 1 is 1.27 bits per heavy atom. The van der Waals surface area contributed by atoms with Gasteiger partial charge in [-0.15, -0.1) is 0 Å². The molecule has 1 atom stereocenters. The number of furan rings is 1. The smallest absolute Gasteiger partial charge is 0.373 e. The summed E-state index contributed by atoms with van der Waals surface area (Å²) in [5, 5.41) is 23.9. The third kappa shape index (κ3) is 2.34. The number of methoxy groups -OCH3 is 2. The maximum Gasteiger partial charge on any atom is 0.373 e. The highest BCUT2D eigenvalue weighted by atomic mass is 19.3. The zero-order valence-corrected chi connectivity index (χ0v) is 13.4. The van der Waals surface area contributed by atoms with E-state index in [0.29, 0.717) is 5.39 Å². The zero-order chi connectivity index (χ0) is 19.3. The van der Waals surface area contributed by atoms with Crippen molar-refractivity contribution in [3.63, 3.8) is 0 Å². The molecule has 0 saturated carbocycles. The van der Waals surface area contributed by atoms with E-state index in [2.05, 4.69) is 9.99 Å². The molecule has 0 bridgehead atoms. The minimum absolute atomic E-state index is 0.0426. The normalized spacial score (nSPS) is 20.4. The molecule has 11 heteroatoms. The molecule has 3 rings (SSSR count). The number of fused-ring (bicyclic) bond motifs is 1. The Bertz CT molecular complexity index is 881. The number of phenolic OH excluding ortho intramolecular Hbond substituents is 1. The van der Waals surface area contributed by atoms with Gasteiger partial charge in [0.15, 0.2) is 11.3 Å². The number of alkyl halides is 4. The molecule has 1 aromatic heterocycles. The Hall–Kier alpha value is -2.69. The summed E-state index contributed by atoms with van der Waals surface area (Å²) >= 11 is 0. The fourth-order valence-electron chi connectivity index (χ4n) is 2.70. The van der Waals surface area contributed by atoms with Crippen molar-refractivity contribution in [1.82, 2.24) is 0 Å². The standard InChI is InChI=1S/C15H13F4NO6/c1-23-10-6-3-4-25-11(6)12(24-2)9(21)8(10)7-5-14(22,26-20-7)15(18,19)13(16)17/h3-4,13,21-22H,5H2,1-2H3. The van der Waals surface area contributed by atoms with Gasteiger partial charge in [-0.2, -0.15) is 8.78 Å². The molecule has 7 nitrogen and oxygen atoms in total. The van der Waals surface area contributed by atoms with Gasteiger partial charge in [-0.3, -0.25) is 0 Å². The number of ether oxygens (including phenoxy) is 2. The Morgan fingerprint density at radius 3 is 2.50 bits per heavy atom. The predicted octanol–water partition coefficient (Wildman–Crippen LogP) is 2.87. The van der Waals surface area contributed by atoms with Crippen molar-refractivity contribution in [1.29, 1.82) is 0 Å². The van der Waals surface area contributed by atoms with Crippen LogP contribution in [0.2, 0.25) is 0 Å². The number of hydrogen-bond donors (Lipinski definition) is 2. The highest BCUT2D eigenvalue weighted by Crippen LogP contribution is 2.49. The van der Waals surface area contributed by atoms with E-state index in [1.165, 1.54) is 26.5 Å². The van der Waals surface area contributed by atoms with Crippen molar-refractivity contribution in [2.75, 3.05) is 14.2 Å². The molecule has 1 aromatic carbocycles. The van der Waals surface area contributed by atoms with Gasteiger partial charge in [0.05, 0.1) is 37.9 Å². The van der Waals surface area contributed by atoms with Crippen molar-refractivity contribution in [2.45, 2.75) is 24.6 Å². The van der Waals surface area contributed by atoms with Crippen molar-refractivity contribution in [2.24, 2.45) is 5.16 Å². The summed E-state index contributed by atoms with van der Waals surface area (Å²) in [6.07, 6.45) is -4.04. The molecule has 1 unspecified atom stereocenters. The van der Waals surface area contributed by atoms with Crippen LogP contribution in [0.3, 0.4) is 0 Å². The number of hydrogen-bond acceptors (Lipinski definition) is 7. The second kappa shape index (κ2) is 5.94. The summed E-state index contributed by atoms with van der Waals surface area (Å²) in [6, 6.07) is 1.45. The summed E-state index contributed by atoms with van der Waals surface area (Å²) in [5.74, 6) is -9.27. The number of halogens is 4. The lowest BCUT2D eigenvalue weighted by atomic mass is 9.96. The van der Waals surface area contributed by atoms with Crippen LogP contribution >= 0.6 is 0 Å². The van der Waals surface area contributed by atoms with E-state index < -0.39 is 36.0 Å². The molecule has 0 aliphatic carbocycles. The minimum atomic E-state index is -4.90. The molecule has 2 aromatic rings. The number of aromatic hydroxyl groups is 1. The van der Waals surface area contributed by atoms with E-state index in [9.17, 15) is 27.8 Å². The molecule has 0 spiro atoms. The van der Waals surface area contributed by atoms with Crippen LogP contribution in [0.5, 0.6) is 17.2 Å². The minimum Gasteiger partial charge on any atom is -0.504 e. The van der Waals surface area contributed by atoms with Crippen molar-refractivity contribution in [3.8, 4) is 17.2 Å². The second-order valence-corrected chi connectivity index (χ2v) is 5.47. The maximum atomic E-state index is 13.6. The van der Waals surface area contributed by atoms with E-state index in [1.807, 2.05) is 0 Å². The molecule has 0 saturated heterocycles. The van der Waals surface area contributed by atoms with Crippen LogP contribution in [-0.2, 0) is 4.84 Å². The summed E-state index contributed by atoms with van der Waals surface area (Å²) in [7, 11) is 2.45. The average Bonchev–Trinajstić information content (AvgIpc) is 3.21. The van der Waals surface area contributed by atoms with E-state index in [4.69, 9.17) is 13.9 Å². The maximum absolute atomic E-state index is 13.6. The van der Waals surface area contributed by atoms with Crippen LogP contribution in [0.4, 0.5) is 17.6 Å². The fraction of sp³-hybridized carbons (Fsp3) is 0.400. The number of phenols is 1. The van der Waals surface area contributed by atoms with Crippen LogP contribution in [0.25, 0.3) is 11.0 Å². The van der Waals surface area contributed by atoms with Gasteiger partial charge in [-0.1, -0.05) is 5.16 Å². The number of nitrogens with zero attached hydrogens (tertiary/aromatic N) is 1. The van der Waals surface area contributed by atoms with Crippen LogP contribution in [0.15, 0.2) is 21.9 Å². The lowest BCUT2D eigenvalue weighted by molar-refractivity contribution is -0.338. The van der Waals surface area contributed by atoms with Gasteiger partial charge in [-0.05, 0) is 6.07 Å². The summed E-state index contributed by atoms with van der Waals surface area (Å²) in [4.78, 5) is 4.24. The number of aliphatic hydroxyl groups is 1. The lowest BCUT2D eigenvalue weighted by Gasteiger charge is -2.28. The predicted molar refractivity (Wildman–Crippen MR) is 79.1 cm³/mol. The first-order chi connectivity index (χ1) is 12.2. The van der Waals surface area contributed by atoms with Gasteiger partial charge in [-0.25, -0.2) is 8.78 Å². The molecule has 2 N–H and O–H groups in total. The first-order valence-electron chi connectivity index (χ1n) is 7.15. The Kier molecular flexibility index (Phi) is 4.14. The van der Waals surface area contributed by atoms with Crippen LogP contribution in [0.1, 0.15) is 12.0 Å². The van der Waals surface area contributed by atoms with Crippen LogP contribution in [0, 0.1) is 0 Å². The molecular formula is C15H13F4NO6. The van der Waals surface area contributed by atoms with E-state index in [-0.39, 0.29) is 22.6 Å². The Labute approximate surface area is 143 Å². The Morgan fingerprint density at radius 2 is 1.92 bits per heavy atom. The van der Waals surface area contributed by atoms with Crippen LogP contribution < -0.4 is 9.47 Å². The van der Waals surface area contributed by atoms with Gasteiger partial charge in [0.2, 0.25) is 5.75 Å². The number of benzene rings is 1. The first kappa shape index (κ1) is 18.1.